The summed E-state index contributed by atoms with van der Waals surface area (Å²) < 4.78 is 0. The number of phenols is 2. The number of carbonyl (C=O) groups is 3. The van der Waals surface area contributed by atoms with Crippen molar-refractivity contribution in [2.45, 2.75) is 26.3 Å². The summed E-state index contributed by atoms with van der Waals surface area (Å²) in [6, 6.07) is 4.05. The Morgan fingerprint density at radius 1 is 1.11 bits per heavy atom. The van der Waals surface area contributed by atoms with E-state index in [0.29, 0.717) is 16.5 Å². The highest BCUT2D eigenvalue weighted by Gasteiger charge is 2.51. The lowest BCUT2D eigenvalue weighted by atomic mass is 9.64. The van der Waals surface area contributed by atoms with Gasteiger partial charge in [-0.2, -0.15) is 0 Å². The summed E-state index contributed by atoms with van der Waals surface area (Å²) in [6.45, 7) is 2.80. The lowest BCUT2D eigenvalue weighted by molar-refractivity contribution is -0.124. The highest BCUT2D eigenvalue weighted by Crippen LogP contribution is 2.46. The molecule has 0 spiro atoms. The molecule has 3 atom stereocenters. The van der Waals surface area contributed by atoms with E-state index in [1.165, 1.54) is 0 Å². The van der Waals surface area contributed by atoms with Crippen molar-refractivity contribution in [3.63, 3.8) is 0 Å². The molecule has 4 rings (SSSR count). The molecule has 0 bridgehead atoms. The number of ketones is 3. The van der Waals surface area contributed by atoms with Crippen molar-refractivity contribution in [2.24, 2.45) is 17.6 Å². The molecule has 0 fully saturated rings. The molecule has 2 aliphatic rings. The van der Waals surface area contributed by atoms with Crippen LogP contribution < -0.4 is 5.73 Å². The van der Waals surface area contributed by atoms with Crippen LogP contribution in [0.15, 0.2) is 29.5 Å². The van der Waals surface area contributed by atoms with Crippen molar-refractivity contribution >= 4 is 28.1 Å². The number of fused-ring (bicyclic) bond motifs is 3. The van der Waals surface area contributed by atoms with Gasteiger partial charge in [-0.15, -0.1) is 0 Å². The minimum Gasteiger partial charge on any atom is -0.510 e. The number of aliphatic hydroxyl groups is 1. The smallest absolute Gasteiger partial charge is 0.181 e. The normalized spacial score (nSPS) is 24.3. The fourth-order valence-corrected chi connectivity index (χ4v) is 4.43. The van der Waals surface area contributed by atoms with Gasteiger partial charge in [-0.1, -0.05) is 18.2 Å². The van der Waals surface area contributed by atoms with Crippen molar-refractivity contribution in [3.8, 4) is 11.5 Å². The van der Waals surface area contributed by atoms with E-state index >= 15 is 0 Å². The Bertz CT molecular complexity index is 1130. The molecular weight excluding hydrogens is 362 g/mol. The van der Waals surface area contributed by atoms with Crippen molar-refractivity contribution in [2.75, 3.05) is 0 Å². The molecule has 2 aliphatic carbocycles. The van der Waals surface area contributed by atoms with Crippen LogP contribution in [0, 0.1) is 18.8 Å². The van der Waals surface area contributed by atoms with Gasteiger partial charge in [-0.25, -0.2) is 0 Å². The van der Waals surface area contributed by atoms with Gasteiger partial charge in [0.05, 0.1) is 22.9 Å². The number of benzene rings is 2. The first-order chi connectivity index (χ1) is 13.1. The number of carbonyl (C=O) groups excluding carboxylic acids is 3. The molecule has 28 heavy (non-hydrogen) atoms. The van der Waals surface area contributed by atoms with E-state index in [1.807, 2.05) is 0 Å². The monoisotopic (exact) mass is 381 g/mol. The maximum Gasteiger partial charge on any atom is 0.181 e. The first kappa shape index (κ1) is 18.2. The fraction of sp³-hybridized carbons (Fsp3) is 0.286. The van der Waals surface area contributed by atoms with Crippen molar-refractivity contribution in [1.29, 1.82) is 0 Å². The predicted octanol–water partition coefficient (Wildman–Crippen LogP) is 1.84. The molecule has 7 nitrogen and oxygen atoms in total. The number of Topliss-reactive ketones (excluding diaryl/α,β-unsaturated/α-hetero) is 3. The van der Waals surface area contributed by atoms with Gasteiger partial charge in [0.1, 0.15) is 22.8 Å². The number of allylic oxidation sites excluding steroid dienone is 1. The van der Waals surface area contributed by atoms with Gasteiger partial charge in [0, 0.05) is 5.92 Å². The Hall–Kier alpha value is -3.19. The number of nitrogens with two attached hydrogens (primary N) is 1. The summed E-state index contributed by atoms with van der Waals surface area (Å²) in [5.74, 6) is -5.08. The van der Waals surface area contributed by atoms with E-state index in [1.54, 1.807) is 25.1 Å². The van der Waals surface area contributed by atoms with E-state index < -0.39 is 46.6 Å². The van der Waals surface area contributed by atoms with E-state index in [-0.39, 0.29) is 28.9 Å². The first-order valence-corrected chi connectivity index (χ1v) is 8.90. The van der Waals surface area contributed by atoms with Gasteiger partial charge < -0.3 is 21.1 Å². The Balaban J connectivity index is 1.97. The van der Waals surface area contributed by atoms with Crippen LogP contribution in [-0.4, -0.2) is 38.7 Å². The zero-order chi connectivity index (χ0) is 20.5. The highest BCUT2D eigenvalue weighted by molar-refractivity contribution is 6.29. The molecule has 2 aromatic rings. The highest BCUT2D eigenvalue weighted by atomic mass is 16.3. The molecule has 5 N–H and O–H groups in total. The summed E-state index contributed by atoms with van der Waals surface area (Å²) >= 11 is 0. The van der Waals surface area contributed by atoms with E-state index in [4.69, 9.17) is 5.73 Å². The Kier molecular flexibility index (Phi) is 3.83. The average Bonchev–Trinajstić information content (AvgIpc) is 2.62. The first-order valence-electron chi connectivity index (χ1n) is 8.90. The van der Waals surface area contributed by atoms with Gasteiger partial charge in [-0.05, 0) is 36.8 Å². The van der Waals surface area contributed by atoms with Crippen LogP contribution in [0.1, 0.15) is 28.4 Å². The van der Waals surface area contributed by atoms with Gasteiger partial charge >= 0.3 is 0 Å². The van der Waals surface area contributed by atoms with Crippen molar-refractivity contribution in [3.05, 3.63) is 46.2 Å². The summed E-state index contributed by atoms with van der Waals surface area (Å²) in [5.41, 5.74) is 6.60. The Labute approximate surface area is 160 Å². The molecular formula is C21H19NO6. The fourth-order valence-electron chi connectivity index (χ4n) is 4.43. The van der Waals surface area contributed by atoms with E-state index in [2.05, 4.69) is 0 Å². The third-order valence-electron chi connectivity index (χ3n) is 5.86. The molecule has 144 valence electrons. The quantitative estimate of drug-likeness (QED) is 0.437. The van der Waals surface area contributed by atoms with Crippen LogP contribution in [0.2, 0.25) is 0 Å². The second-order valence-electron chi connectivity index (χ2n) is 7.50. The third kappa shape index (κ3) is 2.23. The van der Waals surface area contributed by atoms with E-state index in [0.717, 1.165) is 6.92 Å². The van der Waals surface area contributed by atoms with Gasteiger partial charge in [0.2, 0.25) is 0 Å². The number of hydrogen-bond donors (Lipinski definition) is 4. The van der Waals surface area contributed by atoms with Crippen LogP contribution >= 0.6 is 0 Å². The average molecular weight is 381 g/mol. The van der Waals surface area contributed by atoms with Crippen molar-refractivity contribution < 1.29 is 29.7 Å². The predicted molar refractivity (Wildman–Crippen MR) is 100 cm³/mol. The Morgan fingerprint density at radius 2 is 1.79 bits per heavy atom. The SMILES string of the molecule is CC(=O)C1=C(O)[C@H](N)C2Cc3cc4ccc(C)c(O)c4c(O)c3C(=O)C2C1=O. The zero-order valence-corrected chi connectivity index (χ0v) is 15.3. The maximum atomic E-state index is 13.2. The minimum absolute atomic E-state index is 0.0421. The third-order valence-corrected chi connectivity index (χ3v) is 5.86. The number of rotatable bonds is 1. The van der Waals surface area contributed by atoms with E-state index in [9.17, 15) is 29.7 Å². The summed E-state index contributed by atoms with van der Waals surface area (Å²) in [6.07, 6.45) is 0.173. The van der Waals surface area contributed by atoms with Gasteiger partial charge in [0.25, 0.3) is 0 Å². The molecule has 0 saturated carbocycles. The summed E-state index contributed by atoms with van der Waals surface area (Å²) in [5, 5.41) is 32.1. The summed E-state index contributed by atoms with van der Waals surface area (Å²) in [7, 11) is 0. The standard InChI is InChI=1S/C21H19NO6/c1-7-3-4-9-5-10-6-11-15(18(25)12(8(2)23)21(28)16(11)22)20(27)14(10)19(26)13(9)17(7)24/h3-5,11,15-16,24,26,28H,6,22H2,1-2H3/t11?,15?,16-/m1/s1. The molecule has 0 radical (unpaired) electrons. The van der Waals surface area contributed by atoms with Crippen LogP contribution in [0.25, 0.3) is 10.8 Å². The lowest BCUT2D eigenvalue weighted by Gasteiger charge is -2.38. The molecule has 0 aliphatic heterocycles. The zero-order valence-electron chi connectivity index (χ0n) is 15.3. The van der Waals surface area contributed by atoms with Crippen LogP contribution in [0.5, 0.6) is 11.5 Å². The maximum absolute atomic E-state index is 13.2. The molecule has 0 amide bonds. The lowest BCUT2D eigenvalue weighted by Crippen LogP contribution is -2.52. The minimum atomic E-state index is -1.26. The second kappa shape index (κ2) is 5.90. The molecule has 7 heteroatoms. The second-order valence-corrected chi connectivity index (χ2v) is 7.50. The largest absolute Gasteiger partial charge is 0.510 e. The van der Waals surface area contributed by atoms with Gasteiger partial charge in [0.15, 0.2) is 17.3 Å². The van der Waals surface area contributed by atoms with Crippen LogP contribution in [-0.2, 0) is 16.0 Å². The summed E-state index contributed by atoms with van der Waals surface area (Å²) in [4.78, 5) is 37.9. The number of phenolic OH excluding ortho intramolecular Hbond substituents is 2. The topological polar surface area (TPSA) is 138 Å². The Morgan fingerprint density at radius 3 is 2.43 bits per heavy atom. The molecule has 0 saturated heterocycles. The number of aryl methyl sites for hydroxylation is 1. The van der Waals surface area contributed by atoms with Crippen LogP contribution in [0.4, 0.5) is 0 Å². The molecule has 2 unspecified atom stereocenters. The molecule has 0 heterocycles. The molecule has 0 aromatic heterocycles. The van der Waals surface area contributed by atoms with Crippen LogP contribution in [0.3, 0.4) is 0 Å². The van der Waals surface area contributed by atoms with Crippen molar-refractivity contribution in [1.82, 2.24) is 0 Å². The van der Waals surface area contributed by atoms with Gasteiger partial charge in [-0.3, -0.25) is 14.4 Å². The number of aliphatic hydroxyl groups excluding tert-OH is 1. The number of aromatic hydroxyl groups is 2. The number of hydrogen-bond acceptors (Lipinski definition) is 7. The molecule has 2 aromatic carbocycles.